The van der Waals surface area contributed by atoms with Crippen LogP contribution in [0.5, 0.6) is 17.2 Å². The average molecular weight is 423 g/mol. The van der Waals surface area contributed by atoms with E-state index in [4.69, 9.17) is 4.74 Å². The third-order valence-corrected chi connectivity index (χ3v) is 5.33. The molecular formula is C24H25NO6. The molecule has 7 heteroatoms. The van der Waals surface area contributed by atoms with Gasteiger partial charge in [-0.3, -0.25) is 9.59 Å². The zero-order valence-electron chi connectivity index (χ0n) is 17.4. The highest BCUT2D eigenvalue weighted by Crippen LogP contribution is 2.33. The minimum atomic E-state index is -0.735. The summed E-state index contributed by atoms with van der Waals surface area (Å²) in [4.78, 5) is 25.5. The molecule has 0 saturated carbocycles. The molecule has 0 bridgehead atoms. The van der Waals surface area contributed by atoms with Crippen LogP contribution in [0.3, 0.4) is 0 Å². The fraction of sp³-hybridized carbons (Fsp3) is 0.250. The zero-order valence-corrected chi connectivity index (χ0v) is 17.4. The minimum Gasteiger partial charge on any atom is -0.508 e. The molecule has 1 unspecified atom stereocenters. The first kappa shape index (κ1) is 22.0. The van der Waals surface area contributed by atoms with Gasteiger partial charge in [0, 0.05) is 18.2 Å². The quantitative estimate of drug-likeness (QED) is 0.504. The van der Waals surface area contributed by atoms with Crippen LogP contribution < -0.4 is 5.56 Å². The predicted octanol–water partition coefficient (Wildman–Crippen LogP) is 3.21. The molecule has 1 atom stereocenters. The first-order valence-corrected chi connectivity index (χ1v) is 9.87. The Labute approximate surface area is 179 Å². The second kappa shape index (κ2) is 9.38. The molecule has 2 aromatic carbocycles. The Morgan fingerprint density at radius 1 is 1.00 bits per heavy atom. The van der Waals surface area contributed by atoms with Crippen molar-refractivity contribution in [3.05, 3.63) is 87.3 Å². The number of hydrogen-bond donors (Lipinski definition) is 3. The van der Waals surface area contributed by atoms with E-state index in [-0.39, 0.29) is 29.2 Å². The molecule has 3 aromatic rings. The van der Waals surface area contributed by atoms with Crippen molar-refractivity contribution < 1.29 is 24.9 Å². The smallest absolute Gasteiger partial charge is 0.306 e. The standard InChI is InChI=1S/C24H25NO6/c1-15-13-21(28)23(20(14-22(29)31-2)17-5-9-19(27)10-6-17)24(30)25(15)12-11-16-3-7-18(26)8-4-16/h3-10,13,20,26-28H,11-12,14H2,1-2H3. The van der Waals surface area contributed by atoms with Crippen molar-refractivity contribution in [1.29, 1.82) is 0 Å². The van der Waals surface area contributed by atoms with E-state index >= 15 is 0 Å². The number of carbonyl (C=O) groups excluding carboxylic acids is 1. The summed E-state index contributed by atoms with van der Waals surface area (Å²) in [6, 6.07) is 14.4. The van der Waals surface area contributed by atoms with Crippen LogP contribution >= 0.6 is 0 Å². The molecule has 162 valence electrons. The van der Waals surface area contributed by atoms with Gasteiger partial charge in [0.25, 0.3) is 5.56 Å². The van der Waals surface area contributed by atoms with E-state index in [1.54, 1.807) is 47.9 Å². The second-order valence-electron chi connectivity index (χ2n) is 7.38. The van der Waals surface area contributed by atoms with Crippen LogP contribution in [0.2, 0.25) is 0 Å². The first-order valence-electron chi connectivity index (χ1n) is 9.87. The summed E-state index contributed by atoms with van der Waals surface area (Å²) in [6.45, 7) is 2.10. The number of phenols is 2. The molecule has 31 heavy (non-hydrogen) atoms. The number of hydrogen-bond acceptors (Lipinski definition) is 6. The van der Waals surface area contributed by atoms with Crippen LogP contribution in [0, 0.1) is 6.92 Å². The number of rotatable bonds is 7. The predicted molar refractivity (Wildman–Crippen MR) is 115 cm³/mol. The van der Waals surface area contributed by atoms with Gasteiger partial charge >= 0.3 is 5.97 Å². The lowest BCUT2D eigenvalue weighted by Crippen LogP contribution is -2.29. The Morgan fingerprint density at radius 2 is 1.58 bits per heavy atom. The third-order valence-electron chi connectivity index (χ3n) is 5.33. The lowest BCUT2D eigenvalue weighted by molar-refractivity contribution is -0.140. The summed E-state index contributed by atoms with van der Waals surface area (Å²) in [7, 11) is 1.27. The molecule has 0 aliphatic carbocycles. The van der Waals surface area contributed by atoms with E-state index in [0.717, 1.165) is 5.56 Å². The molecular weight excluding hydrogens is 398 g/mol. The maximum absolute atomic E-state index is 13.4. The summed E-state index contributed by atoms with van der Waals surface area (Å²) in [5.74, 6) is -1.22. The number of ether oxygens (including phenoxy) is 1. The van der Waals surface area contributed by atoms with E-state index in [2.05, 4.69) is 0 Å². The lowest BCUT2D eigenvalue weighted by atomic mass is 9.88. The third kappa shape index (κ3) is 5.06. The van der Waals surface area contributed by atoms with Crippen molar-refractivity contribution >= 4 is 5.97 Å². The summed E-state index contributed by atoms with van der Waals surface area (Å²) in [5, 5.41) is 29.7. The number of aromatic nitrogens is 1. The number of methoxy groups -OCH3 is 1. The largest absolute Gasteiger partial charge is 0.508 e. The van der Waals surface area contributed by atoms with Crippen LogP contribution in [0.1, 0.15) is 34.7 Å². The lowest BCUT2D eigenvalue weighted by Gasteiger charge is -2.20. The zero-order chi connectivity index (χ0) is 22.5. The number of pyridine rings is 1. The molecule has 0 radical (unpaired) electrons. The Morgan fingerprint density at radius 3 is 2.16 bits per heavy atom. The fourth-order valence-corrected chi connectivity index (χ4v) is 3.62. The molecule has 3 rings (SSSR count). The summed E-state index contributed by atoms with van der Waals surface area (Å²) in [6.07, 6.45) is 0.414. The molecule has 0 fully saturated rings. The maximum atomic E-state index is 13.4. The van der Waals surface area contributed by atoms with Gasteiger partial charge < -0.3 is 24.6 Å². The van der Waals surface area contributed by atoms with Gasteiger partial charge in [-0.05, 0) is 54.8 Å². The molecule has 0 amide bonds. The topological polar surface area (TPSA) is 109 Å². The second-order valence-corrected chi connectivity index (χ2v) is 7.38. The highest BCUT2D eigenvalue weighted by Gasteiger charge is 2.26. The van der Waals surface area contributed by atoms with Crippen molar-refractivity contribution in [2.75, 3.05) is 7.11 Å². The van der Waals surface area contributed by atoms with E-state index in [1.807, 2.05) is 0 Å². The summed E-state index contributed by atoms with van der Waals surface area (Å²) < 4.78 is 6.36. The number of nitrogens with zero attached hydrogens (tertiary/aromatic N) is 1. The monoisotopic (exact) mass is 423 g/mol. The van der Waals surface area contributed by atoms with Gasteiger partial charge in [-0.2, -0.15) is 0 Å². The van der Waals surface area contributed by atoms with Crippen LogP contribution in [0.25, 0.3) is 0 Å². The average Bonchev–Trinajstić information content (AvgIpc) is 2.74. The van der Waals surface area contributed by atoms with Crippen LogP contribution in [0.15, 0.2) is 59.4 Å². The summed E-state index contributed by atoms with van der Waals surface area (Å²) >= 11 is 0. The Bertz CT molecular complexity index is 1120. The number of aromatic hydroxyl groups is 3. The van der Waals surface area contributed by atoms with Gasteiger partial charge in [0.15, 0.2) is 0 Å². The van der Waals surface area contributed by atoms with Gasteiger partial charge in [-0.25, -0.2) is 0 Å². The van der Waals surface area contributed by atoms with E-state index in [9.17, 15) is 24.9 Å². The molecule has 1 aromatic heterocycles. The van der Waals surface area contributed by atoms with Gasteiger partial charge in [-0.1, -0.05) is 24.3 Å². The van der Waals surface area contributed by atoms with Gasteiger partial charge in [0.05, 0.1) is 19.1 Å². The number of esters is 1. The van der Waals surface area contributed by atoms with Crippen molar-refractivity contribution in [3.8, 4) is 17.2 Å². The number of benzene rings is 2. The van der Waals surface area contributed by atoms with Crippen LogP contribution in [-0.4, -0.2) is 33.0 Å². The normalized spacial score (nSPS) is 11.8. The molecule has 1 heterocycles. The molecule has 0 aliphatic heterocycles. The number of aryl methyl sites for hydroxylation is 2. The minimum absolute atomic E-state index is 0.0556. The molecule has 0 aliphatic rings. The van der Waals surface area contributed by atoms with Crippen molar-refractivity contribution in [3.63, 3.8) is 0 Å². The first-order chi connectivity index (χ1) is 14.8. The highest BCUT2D eigenvalue weighted by molar-refractivity contribution is 5.71. The van der Waals surface area contributed by atoms with E-state index in [1.165, 1.54) is 25.3 Å². The van der Waals surface area contributed by atoms with Crippen LogP contribution in [0.4, 0.5) is 0 Å². The van der Waals surface area contributed by atoms with Crippen LogP contribution in [-0.2, 0) is 22.5 Å². The van der Waals surface area contributed by atoms with Gasteiger partial charge in [0.2, 0.25) is 0 Å². The van der Waals surface area contributed by atoms with E-state index < -0.39 is 17.4 Å². The molecule has 3 N–H and O–H groups in total. The maximum Gasteiger partial charge on any atom is 0.306 e. The fourth-order valence-electron chi connectivity index (χ4n) is 3.62. The van der Waals surface area contributed by atoms with Gasteiger partial charge in [0.1, 0.15) is 17.2 Å². The number of phenolic OH excluding ortho intramolecular Hbond substituents is 2. The molecule has 7 nitrogen and oxygen atoms in total. The molecule has 0 spiro atoms. The SMILES string of the molecule is COC(=O)CC(c1ccc(O)cc1)c1c(O)cc(C)n(CCc2ccc(O)cc2)c1=O. The Balaban J connectivity index is 2.03. The molecule has 0 saturated heterocycles. The Kier molecular flexibility index (Phi) is 6.65. The summed E-state index contributed by atoms with van der Waals surface area (Å²) in [5.41, 5.74) is 1.85. The van der Waals surface area contributed by atoms with Crippen molar-refractivity contribution in [2.45, 2.75) is 32.2 Å². The van der Waals surface area contributed by atoms with Crippen molar-refractivity contribution in [2.24, 2.45) is 0 Å². The van der Waals surface area contributed by atoms with Crippen molar-refractivity contribution in [1.82, 2.24) is 4.57 Å². The van der Waals surface area contributed by atoms with E-state index in [0.29, 0.717) is 24.2 Å². The Hall–Kier alpha value is -3.74. The highest BCUT2D eigenvalue weighted by atomic mass is 16.5. The number of carbonyl (C=O) groups is 1. The van der Waals surface area contributed by atoms with Gasteiger partial charge in [-0.15, -0.1) is 0 Å².